The fourth-order valence-electron chi connectivity index (χ4n) is 2.38. The monoisotopic (exact) mass is 299 g/mol. The first-order valence-corrected chi connectivity index (χ1v) is 7.54. The Balaban J connectivity index is 2.08. The van der Waals surface area contributed by atoms with Gasteiger partial charge in [-0.15, -0.1) is 0 Å². The number of rotatable bonds is 9. The Kier molecular flexibility index (Phi) is 7.56. The number of carboxylic acids is 1. The predicted molar refractivity (Wildman–Crippen MR) is 77.8 cm³/mol. The molecule has 0 radical (unpaired) electrons. The lowest BCUT2D eigenvalue weighted by atomic mass is 9.97. The van der Waals surface area contributed by atoms with E-state index in [1.807, 2.05) is 6.92 Å². The summed E-state index contributed by atoms with van der Waals surface area (Å²) in [6, 6.07) is -0.216. The van der Waals surface area contributed by atoms with Gasteiger partial charge in [-0.05, 0) is 25.2 Å². The van der Waals surface area contributed by atoms with Gasteiger partial charge in [-0.2, -0.15) is 0 Å². The lowest BCUT2D eigenvalue weighted by Gasteiger charge is -2.15. The van der Waals surface area contributed by atoms with E-state index in [2.05, 4.69) is 16.0 Å². The molecule has 1 fully saturated rings. The Labute approximate surface area is 124 Å². The van der Waals surface area contributed by atoms with E-state index in [9.17, 15) is 14.4 Å². The molecule has 1 heterocycles. The second kappa shape index (κ2) is 9.20. The molecule has 1 rings (SSSR count). The Morgan fingerprint density at radius 1 is 1.38 bits per heavy atom. The van der Waals surface area contributed by atoms with Crippen molar-refractivity contribution in [3.05, 3.63) is 0 Å². The molecule has 7 nitrogen and oxygen atoms in total. The first-order chi connectivity index (χ1) is 10.0. The largest absolute Gasteiger partial charge is 0.481 e. The first kappa shape index (κ1) is 17.3. The second-order valence-electron chi connectivity index (χ2n) is 5.44. The van der Waals surface area contributed by atoms with Crippen molar-refractivity contribution in [3.63, 3.8) is 0 Å². The molecule has 4 N–H and O–H groups in total. The van der Waals surface area contributed by atoms with Crippen LogP contribution in [0.4, 0.5) is 4.79 Å². The maximum absolute atomic E-state index is 11.6. The average Bonchev–Trinajstić information content (AvgIpc) is 2.86. The van der Waals surface area contributed by atoms with Gasteiger partial charge in [0.1, 0.15) is 0 Å². The minimum Gasteiger partial charge on any atom is -0.481 e. The van der Waals surface area contributed by atoms with Gasteiger partial charge >= 0.3 is 12.0 Å². The molecule has 2 atom stereocenters. The summed E-state index contributed by atoms with van der Waals surface area (Å²) < 4.78 is 0. The zero-order valence-corrected chi connectivity index (χ0v) is 12.5. The maximum atomic E-state index is 11.6. The van der Waals surface area contributed by atoms with Gasteiger partial charge in [0.15, 0.2) is 0 Å². The summed E-state index contributed by atoms with van der Waals surface area (Å²) in [6.07, 6.45) is 3.78. The Morgan fingerprint density at radius 2 is 2.14 bits per heavy atom. The predicted octanol–water partition coefficient (Wildman–Crippen LogP) is 0.845. The van der Waals surface area contributed by atoms with Crippen molar-refractivity contribution in [2.45, 2.75) is 51.5 Å². The van der Waals surface area contributed by atoms with Crippen LogP contribution in [-0.4, -0.2) is 42.1 Å². The lowest BCUT2D eigenvalue weighted by molar-refractivity contribution is -0.137. The van der Waals surface area contributed by atoms with Gasteiger partial charge in [-0.1, -0.05) is 13.3 Å². The van der Waals surface area contributed by atoms with Crippen LogP contribution in [0.2, 0.25) is 0 Å². The van der Waals surface area contributed by atoms with Gasteiger partial charge in [0, 0.05) is 32.0 Å². The van der Waals surface area contributed by atoms with Crippen molar-refractivity contribution in [2.24, 2.45) is 5.92 Å². The van der Waals surface area contributed by atoms with Gasteiger partial charge < -0.3 is 21.1 Å². The molecule has 0 saturated carbocycles. The van der Waals surface area contributed by atoms with Gasteiger partial charge in [0.2, 0.25) is 5.91 Å². The number of amides is 3. The van der Waals surface area contributed by atoms with Crippen LogP contribution in [0.3, 0.4) is 0 Å². The summed E-state index contributed by atoms with van der Waals surface area (Å²) in [5.74, 6) is -0.431. The van der Waals surface area contributed by atoms with E-state index in [4.69, 9.17) is 5.11 Å². The van der Waals surface area contributed by atoms with Crippen LogP contribution in [-0.2, 0) is 9.59 Å². The molecule has 0 aromatic heterocycles. The first-order valence-electron chi connectivity index (χ1n) is 7.54. The third-order valence-electron chi connectivity index (χ3n) is 3.78. The lowest BCUT2D eigenvalue weighted by Crippen LogP contribution is -2.43. The molecular weight excluding hydrogens is 274 g/mol. The minimum atomic E-state index is -0.780. The highest BCUT2D eigenvalue weighted by atomic mass is 16.4. The summed E-state index contributed by atoms with van der Waals surface area (Å²) in [4.78, 5) is 33.1. The third kappa shape index (κ3) is 7.53. The zero-order chi connectivity index (χ0) is 15.7. The summed E-state index contributed by atoms with van der Waals surface area (Å²) in [5, 5.41) is 16.9. The van der Waals surface area contributed by atoms with Gasteiger partial charge in [-0.3, -0.25) is 9.59 Å². The fraction of sp³-hybridized carbons (Fsp3) is 0.786. The van der Waals surface area contributed by atoms with E-state index in [0.717, 1.165) is 19.3 Å². The molecule has 1 aliphatic rings. The molecule has 1 saturated heterocycles. The molecule has 2 unspecified atom stereocenters. The van der Waals surface area contributed by atoms with Crippen LogP contribution in [0, 0.1) is 5.92 Å². The molecular formula is C14H25N3O4. The van der Waals surface area contributed by atoms with Crippen LogP contribution in [0.15, 0.2) is 0 Å². The topological polar surface area (TPSA) is 108 Å². The summed E-state index contributed by atoms with van der Waals surface area (Å²) in [6.45, 7) is 2.99. The highest BCUT2D eigenvalue weighted by Crippen LogP contribution is 2.14. The fourth-order valence-corrected chi connectivity index (χ4v) is 2.38. The van der Waals surface area contributed by atoms with Crippen molar-refractivity contribution in [1.82, 2.24) is 16.0 Å². The van der Waals surface area contributed by atoms with Crippen LogP contribution in [0.25, 0.3) is 0 Å². The van der Waals surface area contributed by atoms with E-state index in [1.54, 1.807) is 0 Å². The number of carbonyl (C=O) groups excluding carboxylic acids is 2. The normalized spacial score (nSPS) is 18.9. The van der Waals surface area contributed by atoms with E-state index in [-0.39, 0.29) is 24.4 Å². The van der Waals surface area contributed by atoms with Gasteiger partial charge in [0.25, 0.3) is 0 Å². The van der Waals surface area contributed by atoms with Crippen LogP contribution < -0.4 is 16.0 Å². The quantitative estimate of drug-likeness (QED) is 0.506. The van der Waals surface area contributed by atoms with Crippen LogP contribution >= 0.6 is 0 Å². The van der Waals surface area contributed by atoms with Crippen LogP contribution in [0.5, 0.6) is 0 Å². The number of urea groups is 1. The number of nitrogens with one attached hydrogen (secondary N) is 3. The van der Waals surface area contributed by atoms with E-state index in [0.29, 0.717) is 31.8 Å². The Bertz CT molecular complexity index is 373. The molecule has 0 bridgehead atoms. The van der Waals surface area contributed by atoms with Crippen molar-refractivity contribution in [3.8, 4) is 0 Å². The standard InChI is InChI=1S/C14H25N3O4/c1-2-10(3-6-13(19)20)7-8-15-14(21)16-9-11-4-5-12(18)17-11/h10-11H,2-9H2,1H3,(H,17,18)(H,19,20)(H2,15,16,21). The SMILES string of the molecule is CCC(CCNC(=O)NCC1CCC(=O)N1)CCC(=O)O. The molecule has 120 valence electrons. The molecule has 7 heteroatoms. The summed E-state index contributed by atoms with van der Waals surface area (Å²) >= 11 is 0. The molecule has 21 heavy (non-hydrogen) atoms. The Morgan fingerprint density at radius 3 is 2.71 bits per heavy atom. The third-order valence-corrected chi connectivity index (χ3v) is 3.78. The smallest absolute Gasteiger partial charge is 0.314 e. The van der Waals surface area contributed by atoms with Crippen molar-refractivity contribution in [2.75, 3.05) is 13.1 Å². The molecule has 0 aliphatic carbocycles. The molecule has 0 spiro atoms. The van der Waals surface area contributed by atoms with E-state index >= 15 is 0 Å². The summed E-state index contributed by atoms with van der Waals surface area (Å²) in [5.41, 5.74) is 0. The number of hydrogen-bond acceptors (Lipinski definition) is 3. The minimum absolute atomic E-state index is 0.0298. The van der Waals surface area contributed by atoms with Gasteiger partial charge in [-0.25, -0.2) is 4.79 Å². The Hall–Kier alpha value is -1.79. The van der Waals surface area contributed by atoms with E-state index < -0.39 is 5.97 Å². The molecule has 0 aromatic rings. The molecule has 0 aromatic carbocycles. The number of carboxylic acid groups (broad SMARTS) is 1. The average molecular weight is 299 g/mol. The summed E-state index contributed by atoms with van der Waals surface area (Å²) in [7, 11) is 0. The van der Waals surface area contributed by atoms with E-state index in [1.165, 1.54) is 0 Å². The van der Waals surface area contributed by atoms with Crippen molar-refractivity contribution < 1.29 is 19.5 Å². The maximum Gasteiger partial charge on any atom is 0.314 e. The molecule has 1 aliphatic heterocycles. The second-order valence-corrected chi connectivity index (χ2v) is 5.44. The highest BCUT2D eigenvalue weighted by molar-refractivity contribution is 5.79. The highest BCUT2D eigenvalue weighted by Gasteiger charge is 2.20. The molecule has 3 amide bonds. The zero-order valence-electron chi connectivity index (χ0n) is 12.5. The number of carbonyl (C=O) groups is 3. The van der Waals surface area contributed by atoms with Crippen molar-refractivity contribution >= 4 is 17.9 Å². The van der Waals surface area contributed by atoms with Gasteiger partial charge in [0.05, 0.1) is 0 Å². The number of hydrogen-bond donors (Lipinski definition) is 4. The van der Waals surface area contributed by atoms with Crippen LogP contribution in [0.1, 0.15) is 45.4 Å². The van der Waals surface area contributed by atoms with Crippen molar-refractivity contribution in [1.29, 1.82) is 0 Å². The number of aliphatic carboxylic acids is 1.